The first kappa shape index (κ1) is 9.80. The van der Waals surface area contributed by atoms with Crippen LogP contribution in [0.2, 0.25) is 0 Å². The Hall–Kier alpha value is -1.40. The van der Waals surface area contributed by atoms with Crippen LogP contribution in [0.15, 0.2) is 6.20 Å². The number of fused-ring (bicyclic) bond motifs is 3. The van der Waals surface area contributed by atoms with Crippen molar-refractivity contribution >= 4 is 22.3 Å². The first-order valence-corrected chi connectivity index (χ1v) is 5.90. The Bertz CT molecular complexity index is 572. The first-order valence-electron chi connectivity index (χ1n) is 5.09. The molecule has 5 nitrogen and oxygen atoms in total. The maximum atomic E-state index is 10.8. The highest BCUT2D eigenvalue weighted by molar-refractivity contribution is 7.17. The molecule has 84 valence electrons. The van der Waals surface area contributed by atoms with Crippen LogP contribution in [0.5, 0.6) is 0 Å². The van der Waals surface area contributed by atoms with E-state index in [2.05, 4.69) is 4.98 Å². The van der Waals surface area contributed by atoms with Crippen LogP contribution in [0.4, 0.5) is 0 Å². The average molecular weight is 238 g/mol. The molecule has 2 N–H and O–H groups in total. The van der Waals surface area contributed by atoms with Crippen LogP contribution >= 0.6 is 11.3 Å². The summed E-state index contributed by atoms with van der Waals surface area (Å²) >= 11 is 1.38. The molecule has 16 heavy (non-hydrogen) atoms. The molecule has 2 aromatic rings. The van der Waals surface area contributed by atoms with Crippen LogP contribution in [0.25, 0.3) is 4.96 Å². The van der Waals surface area contributed by atoms with Gasteiger partial charge in [-0.05, 0) is 19.3 Å². The molecule has 0 saturated heterocycles. The van der Waals surface area contributed by atoms with Gasteiger partial charge in [0.2, 0.25) is 0 Å². The van der Waals surface area contributed by atoms with E-state index in [0.717, 1.165) is 29.8 Å². The lowest BCUT2D eigenvalue weighted by Gasteiger charge is -2.16. The fraction of sp³-hybridized carbons (Fsp3) is 0.400. The van der Waals surface area contributed by atoms with E-state index >= 15 is 0 Å². The highest BCUT2D eigenvalue weighted by Crippen LogP contribution is 2.36. The molecule has 0 bridgehead atoms. The zero-order valence-corrected chi connectivity index (χ0v) is 9.20. The molecule has 0 radical (unpaired) electrons. The number of carboxylic acid groups (broad SMARTS) is 1. The number of aliphatic hydroxyl groups is 1. The Morgan fingerprint density at radius 2 is 2.44 bits per heavy atom. The number of aliphatic hydroxyl groups excluding tert-OH is 1. The number of thiazole rings is 1. The molecule has 0 aromatic carbocycles. The summed E-state index contributed by atoms with van der Waals surface area (Å²) in [4.78, 5) is 16.4. The van der Waals surface area contributed by atoms with Crippen molar-refractivity contribution in [2.75, 3.05) is 0 Å². The van der Waals surface area contributed by atoms with Gasteiger partial charge in [-0.2, -0.15) is 0 Å². The van der Waals surface area contributed by atoms with E-state index in [1.165, 1.54) is 17.5 Å². The monoisotopic (exact) mass is 238 g/mol. The van der Waals surface area contributed by atoms with Crippen LogP contribution < -0.4 is 0 Å². The van der Waals surface area contributed by atoms with Gasteiger partial charge in [0, 0.05) is 11.9 Å². The van der Waals surface area contributed by atoms with Gasteiger partial charge in [0.25, 0.3) is 0 Å². The van der Waals surface area contributed by atoms with Gasteiger partial charge in [0.15, 0.2) is 10.7 Å². The summed E-state index contributed by atoms with van der Waals surface area (Å²) in [6.07, 6.45) is 3.71. The van der Waals surface area contributed by atoms with Gasteiger partial charge >= 0.3 is 5.97 Å². The van der Waals surface area contributed by atoms with Gasteiger partial charge < -0.3 is 10.2 Å². The number of hydrogen-bond acceptors (Lipinski definition) is 4. The van der Waals surface area contributed by atoms with Crippen LogP contribution in [0, 0.1) is 0 Å². The van der Waals surface area contributed by atoms with Gasteiger partial charge in [0.1, 0.15) is 0 Å². The normalized spacial score (nSPS) is 19.9. The molecule has 2 heterocycles. The summed E-state index contributed by atoms with van der Waals surface area (Å²) in [7, 11) is 0. The van der Waals surface area contributed by atoms with Crippen molar-refractivity contribution in [2.45, 2.75) is 25.4 Å². The minimum Gasteiger partial charge on any atom is -0.476 e. The maximum absolute atomic E-state index is 10.8. The summed E-state index contributed by atoms with van der Waals surface area (Å²) in [5.41, 5.74) is 1.08. The molecule has 0 fully saturated rings. The Morgan fingerprint density at radius 3 is 3.19 bits per heavy atom. The molecule has 1 aliphatic carbocycles. The number of aromatic carboxylic acids is 1. The van der Waals surface area contributed by atoms with Gasteiger partial charge in [-0.1, -0.05) is 11.3 Å². The van der Waals surface area contributed by atoms with Crippen molar-refractivity contribution < 1.29 is 15.0 Å². The number of aryl methyl sites for hydroxylation is 1. The van der Waals surface area contributed by atoms with Crippen molar-refractivity contribution in [3.8, 4) is 0 Å². The van der Waals surface area contributed by atoms with E-state index in [-0.39, 0.29) is 5.69 Å². The molecule has 2 aromatic heterocycles. The molecule has 0 aliphatic heterocycles. The van der Waals surface area contributed by atoms with Gasteiger partial charge in [-0.3, -0.25) is 4.40 Å². The lowest BCUT2D eigenvalue weighted by Crippen LogP contribution is -2.08. The summed E-state index contributed by atoms with van der Waals surface area (Å²) in [5.74, 6) is -1.01. The molecule has 3 rings (SSSR count). The molecule has 0 amide bonds. The number of hydrogen-bond donors (Lipinski definition) is 2. The van der Waals surface area contributed by atoms with E-state index in [0.29, 0.717) is 4.96 Å². The van der Waals surface area contributed by atoms with Crippen molar-refractivity contribution in [2.24, 2.45) is 0 Å². The molecule has 0 spiro atoms. The summed E-state index contributed by atoms with van der Waals surface area (Å²) in [6, 6.07) is 0. The largest absolute Gasteiger partial charge is 0.476 e. The van der Waals surface area contributed by atoms with Crippen molar-refractivity contribution in [3.63, 3.8) is 0 Å². The van der Waals surface area contributed by atoms with Gasteiger partial charge in [-0.15, -0.1) is 0 Å². The van der Waals surface area contributed by atoms with Gasteiger partial charge in [-0.25, -0.2) is 9.78 Å². The number of imidazole rings is 1. The third-order valence-corrected chi connectivity index (χ3v) is 4.06. The standard InChI is InChI=1S/C10H10N2O3S/c13-7-3-1-2-6-8(7)16-10-11-5(9(14)15)4-12(6)10/h4,7,13H,1-3H2,(H,14,15). The third-order valence-electron chi connectivity index (χ3n) is 2.86. The minimum atomic E-state index is -1.01. The summed E-state index contributed by atoms with van der Waals surface area (Å²) < 4.78 is 1.80. The van der Waals surface area contributed by atoms with Crippen molar-refractivity contribution in [3.05, 3.63) is 22.5 Å². The predicted molar refractivity (Wildman–Crippen MR) is 57.9 cm³/mol. The summed E-state index contributed by atoms with van der Waals surface area (Å²) in [5, 5.41) is 18.7. The Morgan fingerprint density at radius 1 is 1.62 bits per heavy atom. The number of carbonyl (C=O) groups is 1. The fourth-order valence-corrected chi connectivity index (χ4v) is 3.28. The molecule has 1 atom stereocenters. The second-order valence-corrected chi connectivity index (χ2v) is 4.91. The molecule has 6 heteroatoms. The van der Waals surface area contributed by atoms with E-state index in [4.69, 9.17) is 5.11 Å². The van der Waals surface area contributed by atoms with E-state index in [9.17, 15) is 9.90 Å². The lowest BCUT2D eigenvalue weighted by molar-refractivity contribution is 0.0691. The molecule has 1 aliphatic rings. The highest BCUT2D eigenvalue weighted by atomic mass is 32.1. The number of rotatable bonds is 1. The van der Waals surface area contributed by atoms with Crippen LogP contribution in [0.1, 0.15) is 40.0 Å². The van der Waals surface area contributed by atoms with E-state index < -0.39 is 12.1 Å². The quantitative estimate of drug-likeness (QED) is 0.788. The number of nitrogens with zero attached hydrogens (tertiary/aromatic N) is 2. The second-order valence-electron chi connectivity index (χ2n) is 3.90. The summed E-state index contributed by atoms with van der Waals surface area (Å²) in [6.45, 7) is 0. The average Bonchev–Trinajstić information content (AvgIpc) is 2.76. The Kier molecular flexibility index (Phi) is 2.02. The first-order chi connectivity index (χ1) is 7.66. The SMILES string of the molecule is O=C(O)c1cn2c3c(sc2n1)C(O)CCC3. The topological polar surface area (TPSA) is 74.8 Å². The zero-order valence-electron chi connectivity index (χ0n) is 8.38. The Balaban J connectivity index is 2.21. The van der Waals surface area contributed by atoms with Crippen LogP contribution in [0.3, 0.4) is 0 Å². The highest BCUT2D eigenvalue weighted by Gasteiger charge is 2.24. The smallest absolute Gasteiger partial charge is 0.356 e. The van der Waals surface area contributed by atoms with Crippen LogP contribution in [-0.4, -0.2) is 25.6 Å². The molecule has 1 unspecified atom stereocenters. The van der Waals surface area contributed by atoms with Crippen LogP contribution in [-0.2, 0) is 6.42 Å². The van der Waals surface area contributed by atoms with E-state index in [1.807, 2.05) is 0 Å². The van der Waals surface area contributed by atoms with Crippen molar-refractivity contribution in [1.29, 1.82) is 0 Å². The second kappa shape index (κ2) is 3.29. The predicted octanol–water partition coefficient (Wildman–Crippen LogP) is 1.46. The number of carboxylic acids is 1. The lowest BCUT2D eigenvalue weighted by atomic mass is 10.0. The Labute approximate surface area is 95.0 Å². The van der Waals surface area contributed by atoms with Crippen molar-refractivity contribution in [1.82, 2.24) is 9.38 Å². The van der Waals surface area contributed by atoms with E-state index in [1.54, 1.807) is 4.40 Å². The molecule has 0 saturated carbocycles. The molecular formula is C10H10N2O3S. The number of aromatic nitrogens is 2. The minimum absolute atomic E-state index is 0.0640. The maximum Gasteiger partial charge on any atom is 0.356 e. The third kappa shape index (κ3) is 1.27. The molecular weight excluding hydrogens is 228 g/mol. The van der Waals surface area contributed by atoms with Gasteiger partial charge in [0.05, 0.1) is 11.0 Å². The zero-order chi connectivity index (χ0) is 11.3. The fourth-order valence-electron chi connectivity index (χ4n) is 2.11.